The van der Waals surface area contributed by atoms with E-state index in [-0.39, 0.29) is 6.61 Å². The lowest BCUT2D eigenvalue weighted by molar-refractivity contribution is -0.200. The van der Waals surface area contributed by atoms with Gasteiger partial charge >= 0.3 is 18.1 Å². The molecule has 0 spiro atoms. The number of carbonyl (C=O) groups excluding carboxylic acids is 2. The minimum absolute atomic E-state index is 0.0523. The maximum absolute atomic E-state index is 13.7. The number of rotatable bonds is 4. The van der Waals surface area contributed by atoms with E-state index in [1.54, 1.807) is 31.2 Å². The number of carbonyl (C=O) groups is 2. The van der Waals surface area contributed by atoms with Crippen molar-refractivity contribution in [2.75, 3.05) is 13.7 Å². The molecule has 25 heavy (non-hydrogen) atoms. The van der Waals surface area contributed by atoms with Crippen LogP contribution >= 0.6 is 0 Å². The highest BCUT2D eigenvalue weighted by Crippen LogP contribution is 2.47. The van der Waals surface area contributed by atoms with E-state index in [4.69, 9.17) is 4.74 Å². The monoisotopic (exact) mass is 359 g/mol. The maximum atomic E-state index is 13.7. The van der Waals surface area contributed by atoms with Gasteiger partial charge in [-0.3, -0.25) is 14.9 Å². The van der Waals surface area contributed by atoms with Gasteiger partial charge in [0, 0.05) is 6.04 Å². The number of nitrogens with one attached hydrogen (secondary N) is 1. The summed E-state index contributed by atoms with van der Waals surface area (Å²) in [5.41, 5.74) is 1.22. The molecule has 1 aromatic rings. The molecule has 0 aliphatic carbocycles. The molecule has 138 valence electrons. The van der Waals surface area contributed by atoms with Gasteiger partial charge in [-0.15, -0.1) is 0 Å². The number of benzene rings is 1. The predicted molar refractivity (Wildman–Crippen MR) is 82.5 cm³/mol. The Labute approximate surface area is 143 Å². The molecule has 1 saturated heterocycles. The molecule has 4 atom stereocenters. The van der Waals surface area contributed by atoms with Gasteiger partial charge in [-0.1, -0.05) is 24.3 Å². The van der Waals surface area contributed by atoms with Gasteiger partial charge in [0.05, 0.1) is 25.6 Å². The van der Waals surface area contributed by atoms with Crippen molar-refractivity contribution in [2.24, 2.45) is 11.8 Å². The van der Waals surface area contributed by atoms with Crippen LogP contribution in [0.25, 0.3) is 0 Å². The predicted octanol–water partition coefficient (Wildman–Crippen LogP) is 2.54. The van der Waals surface area contributed by atoms with Crippen LogP contribution < -0.4 is 5.32 Å². The largest absolute Gasteiger partial charge is 0.468 e. The Balaban J connectivity index is 2.55. The molecule has 1 fully saturated rings. The topological polar surface area (TPSA) is 64.6 Å². The summed E-state index contributed by atoms with van der Waals surface area (Å²) >= 11 is 0. The molecule has 0 saturated carbocycles. The first-order chi connectivity index (χ1) is 11.7. The third-order valence-electron chi connectivity index (χ3n) is 4.38. The quantitative estimate of drug-likeness (QED) is 0.837. The van der Waals surface area contributed by atoms with Crippen molar-refractivity contribution in [3.8, 4) is 0 Å². The molecule has 8 heteroatoms. The summed E-state index contributed by atoms with van der Waals surface area (Å²) in [7, 11) is 1.01. The van der Waals surface area contributed by atoms with Crippen LogP contribution in [0.3, 0.4) is 0 Å². The molecule has 1 aromatic carbocycles. The summed E-state index contributed by atoms with van der Waals surface area (Å²) in [5, 5.41) is 2.65. The second-order valence-electron chi connectivity index (χ2n) is 5.85. The Kier molecular flexibility index (Phi) is 5.72. The van der Waals surface area contributed by atoms with Crippen LogP contribution in [0.2, 0.25) is 0 Å². The molecule has 1 heterocycles. The lowest BCUT2D eigenvalue weighted by Crippen LogP contribution is -2.45. The molecule has 1 N–H and O–H groups in total. The third-order valence-corrected chi connectivity index (χ3v) is 4.38. The zero-order valence-corrected chi connectivity index (χ0v) is 14.1. The van der Waals surface area contributed by atoms with E-state index in [1.807, 2.05) is 0 Å². The van der Waals surface area contributed by atoms with E-state index in [9.17, 15) is 22.8 Å². The molecule has 0 amide bonds. The van der Waals surface area contributed by atoms with Crippen LogP contribution in [0, 0.1) is 18.8 Å². The fourth-order valence-electron chi connectivity index (χ4n) is 3.29. The van der Waals surface area contributed by atoms with Crippen molar-refractivity contribution in [3.05, 3.63) is 35.4 Å². The number of ether oxygens (including phenoxy) is 2. The summed E-state index contributed by atoms with van der Waals surface area (Å²) < 4.78 is 50.5. The first-order valence-corrected chi connectivity index (χ1v) is 7.85. The zero-order chi connectivity index (χ0) is 18.8. The number of hydrogen-bond donors (Lipinski definition) is 1. The minimum atomic E-state index is -4.78. The molecule has 1 aliphatic rings. The molecule has 2 rings (SSSR count). The average Bonchev–Trinajstić information content (AvgIpc) is 2.95. The van der Waals surface area contributed by atoms with E-state index in [2.05, 4.69) is 10.1 Å². The highest BCUT2D eigenvalue weighted by atomic mass is 19.4. The van der Waals surface area contributed by atoms with Gasteiger partial charge in [0.25, 0.3) is 0 Å². The smallest absolute Gasteiger partial charge is 0.394 e. The lowest BCUT2D eigenvalue weighted by Gasteiger charge is -2.25. The first-order valence-electron chi connectivity index (χ1n) is 7.85. The highest BCUT2D eigenvalue weighted by Gasteiger charge is 2.62. The molecule has 1 aliphatic heterocycles. The standard InChI is InChI=1S/C17H20F3NO4/c1-4-25-15(22)11-12(17(18,19)20)14(16(23)24-3)21-13(11)10-8-6-5-7-9(10)2/h5-8,11-14,21H,4H2,1-3H3/t11-,12+,13+,14+/m0/s1. The fourth-order valence-corrected chi connectivity index (χ4v) is 3.29. The normalized spacial score (nSPS) is 26.3. The molecular formula is C17H20F3NO4. The zero-order valence-electron chi connectivity index (χ0n) is 14.1. The van der Waals surface area contributed by atoms with Crippen molar-refractivity contribution in [3.63, 3.8) is 0 Å². The summed E-state index contributed by atoms with van der Waals surface area (Å²) in [6.07, 6.45) is -4.78. The van der Waals surface area contributed by atoms with E-state index >= 15 is 0 Å². The van der Waals surface area contributed by atoms with Crippen molar-refractivity contribution in [1.82, 2.24) is 5.32 Å². The molecule has 0 aromatic heterocycles. The Morgan fingerprint density at radius 1 is 1.20 bits per heavy atom. The van der Waals surface area contributed by atoms with E-state index < -0.39 is 42.0 Å². The average molecular weight is 359 g/mol. The van der Waals surface area contributed by atoms with Gasteiger partial charge in [-0.05, 0) is 25.0 Å². The van der Waals surface area contributed by atoms with Crippen LogP contribution in [0.15, 0.2) is 24.3 Å². The third kappa shape index (κ3) is 3.78. The van der Waals surface area contributed by atoms with Crippen molar-refractivity contribution < 1.29 is 32.2 Å². The Bertz CT molecular complexity index is 647. The molecule has 0 unspecified atom stereocenters. The van der Waals surface area contributed by atoms with Gasteiger partial charge in [0.1, 0.15) is 6.04 Å². The SMILES string of the molecule is CCOC(=O)[C@H]1[C@@H](C(F)(F)F)[C@H](C(=O)OC)N[C@@H]1c1ccccc1C. The van der Waals surface area contributed by atoms with Gasteiger partial charge in [0.2, 0.25) is 0 Å². The number of methoxy groups -OCH3 is 1. The molecule has 0 bridgehead atoms. The van der Waals surface area contributed by atoms with Gasteiger partial charge < -0.3 is 9.47 Å². The Morgan fingerprint density at radius 2 is 1.84 bits per heavy atom. The summed E-state index contributed by atoms with van der Waals surface area (Å²) in [6.45, 7) is 3.19. The van der Waals surface area contributed by atoms with Crippen molar-refractivity contribution >= 4 is 11.9 Å². The van der Waals surface area contributed by atoms with E-state index in [0.717, 1.165) is 7.11 Å². The van der Waals surface area contributed by atoms with Crippen LogP contribution in [-0.2, 0) is 19.1 Å². The van der Waals surface area contributed by atoms with Gasteiger partial charge in [-0.25, -0.2) is 0 Å². The number of esters is 2. The number of hydrogen-bond acceptors (Lipinski definition) is 5. The lowest BCUT2D eigenvalue weighted by atomic mass is 9.83. The number of aryl methyl sites for hydroxylation is 1. The van der Waals surface area contributed by atoms with E-state index in [1.165, 1.54) is 6.92 Å². The fraction of sp³-hybridized carbons (Fsp3) is 0.529. The number of halogens is 3. The van der Waals surface area contributed by atoms with Crippen LogP contribution in [0.5, 0.6) is 0 Å². The minimum Gasteiger partial charge on any atom is -0.468 e. The van der Waals surface area contributed by atoms with Gasteiger partial charge in [-0.2, -0.15) is 13.2 Å². The first kappa shape index (κ1) is 19.2. The molecular weight excluding hydrogens is 339 g/mol. The summed E-state index contributed by atoms with van der Waals surface area (Å²) in [5.74, 6) is -5.86. The number of alkyl halides is 3. The Morgan fingerprint density at radius 3 is 2.36 bits per heavy atom. The Hall–Kier alpha value is -2.09. The van der Waals surface area contributed by atoms with Crippen LogP contribution in [0.1, 0.15) is 24.1 Å². The van der Waals surface area contributed by atoms with Crippen molar-refractivity contribution in [2.45, 2.75) is 32.1 Å². The van der Waals surface area contributed by atoms with Crippen molar-refractivity contribution in [1.29, 1.82) is 0 Å². The van der Waals surface area contributed by atoms with E-state index in [0.29, 0.717) is 11.1 Å². The van der Waals surface area contributed by atoms with Crippen LogP contribution in [-0.4, -0.2) is 37.9 Å². The summed E-state index contributed by atoms with van der Waals surface area (Å²) in [6, 6.07) is 4.09. The second-order valence-corrected chi connectivity index (χ2v) is 5.85. The molecule has 0 radical (unpaired) electrons. The maximum Gasteiger partial charge on any atom is 0.394 e. The molecule has 5 nitrogen and oxygen atoms in total. The summed E-state index contributed by atoms with van der Waals surface area (Å²) in [4.78, 5) is 24.3. The van der Waals surface area contributed by atoms with Gasteiger partial charge in [0.15, 0.2) is 0 Å². The van der Waals surface area contributed by atoms with Crippen LogP contribution in [0.4, 0.5) is 13.2 Å². The highest BCUT2D eigenvalue weighted by molar-refractivity contribution is 5.81. The second kappa shape index (κ2) is 7.43.